The molecule has 2 N–H and O–H groups in total. The van der Waals surface area contributed by atoms with E-state index in [9.17, 15) is 9.18 Å². The van der Waals surface area contributed by atoms with Crippen LogP contribution in [0.1, 0.15) is 6.92 Å². The maximum atomic E-state index is 12.7. The van der Waals surface area contributed by atoms with Crippen molar-refractivity contribution in [3.8, 4) is 5.75 Å². The molecule has 0 aromatic heterocycles. The van der Waals surface area contributed by atoms with E-state index in [1.54, 1.807) is 6.92 Å². The van der Waals surface area contributed by atoms with E-state index in [1.807, 2.05) is 0 Å². The summed E-state index contributed by atoms with van der Waals surface area (Å²) in [6.07, 6.45) is -0.580. The Bertz CT molecular complexity index is 404. The zero-order chi connectivity index (χ0) is 13.0. The Hall–Kier alpha value is -1.62. The number of ether oxygens (including phenoxy) is 1. The lowest BCUT2D eigenvalue weighted by molar-refractivity contribution is -0.127. The van der Waals surface area contributed by atoms with Crippen LogP contribution in [0.2, 0.25) is 0 Å². The van der Waals surface area contributed by atoms with Gasteiger partial charge in [0.25, 0.3) is 5.91 Å². The van der Waals surface area contributed by atoms with Crippen molar-refractivity contribution in [2.75, 3.05) is 19.6 Å². The quantitative estimate of drug-likeness (QED) is 0.819. The normalized spacial score (nSPS) is 16.8. The fourth-order valence-electron chi connectivity index (χ4n) is 1.65. The van der Waals surface area contributed by atoms with Crippen molar-refractivity contribution in [2.45, 2.75) is 13.0 Å². The van der Waals surface area contributed by atoms with Gasteiger partial charge in [-0.05, 0) is 31.2 Å². The number of halogens is 1. The number of nitrogens with one attached hydrogen (secondary N) is 2. The summed E-state index contributed by atoms with van der Waals surface area (Å²) in [7, 11) is 0. The first kappa shape index (κ1) is 12.8. The smallest absolute Gasteiger partial charge is 0.260 e. The fourth-order valence-corrected chi connectivity index (χ4v) is 1.65. The van der Waals surface area contributed by atoms with Gasteiger partial charge in [0, 0.05) is 25.6 Å². The Kier molecular flexibility index (Phi) is 4.15. The largest absolute Gasteiger partial charge is 0.481 e. The highest BCUT2D eigenvalue weighted by molar-refractivity contribution is 5.80. The summed E-state index contributed by atoms with van der Waals surface area (Å²) in [6, 6.07) is 5.63. The molecule has 0 radical (unpaired) electrons. The van der Waals surface area contributed by atoms with Crippen molar-refractivity contribution in [1.29, 1.82) is 0 Å². The Morgan fingerprint density at radius 1 is 1.50 bits per heavy atom. The molecule has 0 bridgehead atoms. The van der Waals surface area contributed by atoms with E-state index in [1.165, 1.54) is 24.3 Å². The highest BCUT2D eigenvalue weighted by Crippen LogP contribution is 2.13. The van der Waals surface area contributed by atoms with Gasteiger partial charge in [-0.25, -0.2) is 4.39 Å². The molecule has 0 aliphatic carbocycles. The van der Waals surface area contributed by atoms with Gasteiger partial charge in [0.15, 0.2) is 6.10 Å². The average molecular weight is 252 g/mol. The van der Waals surface area contributed by atoms with Crippen LogP contribution in [0.25, 0.3) is 0 Å². The predicted molar refractivity (Wildman–Crippen MR) is 65.9 cm³/mol. The number of rotatable bonds is 5. The zero-order valence-electron chi connectivity index (χ0n) is 10.3. The highest BCUT2D eigenvalue weighted by Gasteiger charge is 2.20. The molecule has 1 heterocycles. The maximum Gasteiger partial charge on any atom is 0.260 e. The Morgan fingerprint density at radius 3 is 2.72 bits per heavy atom. The summed E-state index contributed by atoms with van der Waals surface area (Å²) in [5.41, 5.74) is 0. The zero-order valence-corrected chi connectivity index (χ0v) is 10.3. The molecule has 98 valence electrons. The van der Waals surface area contributed by atoms with Gasteiger partial charge in [0.05, 0.1) is 0 Å². The van der Waals surface area contributed by atoms with E-state index >= 15 is 0 Å². The molecule has 4 nitrogen and oxygen atoms in total. The number of hydrogen-bond acceptors (Lipinski definition) is 3. The van der Waals surface area contributed by atoms with E-state index in [0.717, 1.165) is 13.1 Å². The molecule has 1 unspecified atom stereocenters. The molecule has 1 fully saturated rings. The molecule has 1 saturated heterocycles. The van der Waals surface area contributed by atoms with E-state index in [2.05, 4.69) is 10.6 Å². The predicted octanol–water partition coefficient (Wildman–Crippen LogP) is 0.929. The molecule has 0 saturated carbocycles. The minimum absolute atomic E-state index is 0.147. The van der Waals surface area contributed by atoms with Gasteiger partial charge in [0.2, 0.25) is 0 Å². The van der Waals surface area contributed by atoms with Gasteiger partial charge in [0.1, 0.15) is 11.6 Å². The average Bonchev–Trinajstić information content (AvgIpc) is 2.30. The SMILES string of the molecule is CC(Oc1ccc(F)cc1)C(=O)NCC1CNC1. The van der Waals surface area contributed by atoms with Crippen molar-refractivity contribution < 1.29 is 13.9 Å². The van der Waals surface area contributed by atoms with Crippen LogP contribution in [0.3, 0.4) is 0 Å². The van der Waals surface area contributed by atoms with E-state index in [4.69, 9.17) is 4.74 Å². The van der Waals surface area contributed by atoms with Crippen LogP contribution in [0.15, 0.2) is 24.3 Å². The van der Waals surface area contributed by atoms with Crippen LogP contribution in [0, 0.1) is 11.7 Å². The second kappa shape index (κ2) is 5.82. The minimum atomic E-state index is -0.580. The lowest BCUT2D eigenvalue weighted by Gasteiger charge is -2.27. The number of benzene rings is 1. The number of carbonyl (C=O) groups is 1. The number of amides is 1. The van der Waals surface area contributed by atoms with Gasteiger partial charge in [-0.1, -0.05) is 0 Å². The van der Waals surface area contributed by atoms with Crippen LogP contribution in [0.5, 0.6) is 5.75 Å². The molecule has 1 aliphatic heterocycles. The van der Waals surface area contributed by atoms with Gasteiger partial charge < -0.3 is 15.4 Å². The Morgan fingerprint density at radius 2 is 2.17 bits per heavy atom. The first-order valence-electron chi connectivity index (χ1n) is 6.06. The number of carbonyl (C=O) groups excluding carboxylic acids is 1. The third-order valence-corrected chi connectivity index (χ3v) is 2.93. The minimum Gasteiger partial charge on any atom is -0.481 e. The molecular formula is C13H17FN2O2. The van der Waals surface area contributed by atoms with Crippen LogP contribution < -0.4 is 15.4 Å². The first-order chi connectivity index (χ1) is 8.65. The topological polar surface area (TPSA) is 50.4 Å². The summed E-state index contributed by atoms with van der Waals surface area (Å²) in [5, 5.41) is 5.98. The molecule has 1 atom stereocenters. The molecule has 1 aromatic rings. The van der Waals surface area contributed by atoms with Crippen molar-refractivity contribution in [3.63, 3.8) is 0 Å². The molecule has 5 heteroatoms. The monoisotopic (exact) mass is 252 g/mol. The lowest BCUT2D eigenvalue weighted by atomic mass is 10.0. The van der Waals surface area contributed by atoms with Gasteiger partial charge in [-0.15, -0.1) is 0 Å². The summed E-state index contributed by atoms with van der Waals surface area (Å²) in [6.45, 7) is 4.25. The maximum absolute atomic E-state index is 12.7. The van der Waals surface area contributed by atoms with E-state index in [0.29, 0.717) is 18.2 Å². The summed E-state index contributed by atoms with van der Waals surface area (Å²) in [4.78, 5) is 11.7. The van der Waals surface area contributed by atoms with Crippen molar-refractivity contribution in [1.82, 2.24) is 10.6 Å². The molecule has 1 aliphatic rings. The first-order valence-corrected chi connectivity index (χ1v) is 6.06. The summed E-state index contributed by atoms with van der Waals surface area (Å²) in [5.74, 6) is 0.541. The molecule has 2 rings (SSSR count). The van der Waals surface area contributed by atoms with E-state index < -0.39 is 6.10 Å². The van der Waals surface area contributed by atoms with Gasteiger partial charge >= 0.3 is 0 Å². The van der Waals surface area contributed by atoms with Crippen molar-refractivity contribution in [3.05, 3.63) is 30.1 Å². The Labute approximate surface area is 106 Å². The van der Waals surface area contributed by atoms with Crippen LogP contribution >= 0.6 is 0 Å². The number of hydrogen-bond donors (Lipinski definition) is 2. The molecule has 1 amide bonds. The van der Waals surface area contributed by atoms with Crippen LogP contribution in [-0.2, 0) is 4.79 Å². The molecule has 18 heavy (non-hydrogen) atoms. The van der Waals surface area contributed by atoms with Crippen LogP contribution in [-0.4, -0.2) is 31.6 Å². The van der Waals surface area contributed by atoms with E-state index in [-0.39, 0.29) is 11.7 Å². The standard InChI is InChI=1S/C13H17FN2O2/c1-9(13(17)16-8-10-6-15-7-10)18-12-4-2-11(14)3-5-12/h2-5,9-10,15H,6-8H2,1H3,(H,16,17). The lowest BCUT2D eigenvalue weighted by Crippen LogP contribution is -2.49. The summed E-state index contributed by atoms with van der Waals surface area (Å²) >= 11 is 0. The van der Waals surface area contributed by atoms with Gasteiger partial charge in [-0.2, -0.15) is 0 Å². The Balaban J connectivity index is 1.77. The molecular weight excluding hydrogens is 235 g/mol. The summed E-state index contributed by atoms with van der Waals surface area (Å²) < 4.78 is 18.1. The highest BCUT2D eigenvalue weighted by atomic mass is 19.1. The fraction of sp³-hybridized carbons (Fsp3) is 0.462. The molecule has 1 aromatic carbocycles. The van der Waals surface area contributed by atoms with Crippen LogP contribution in [0.4, 0.5) is 4.39 Å². The van der Waals surface area contributed by atoms with Crippen molar-refractivity contribution >= 4 is 5.91 Å². The molecule has 0 spiro atoms. The third kappa shape index (κ3) is 3.43. The van der Waals surface area contributed by atoms with Crippen molar-refractivity contribution in [2.24, 2.45) is 5.92 Å². The van der Waals surface area contributed by atoms with Gasteiger partial charge in [-0.3, -0.25) is 4.79 Å². The second-order valence-corrected chi connectivity index (χ2v) is 4.48. The second-order valence-electron chi connectivity index (χ2n) is 4.48. The third-order valence-electron chi connectivity index (χ3n) is 2.93.